The SMILES string of the molecule is Cc1cc2c(cc(C)n2CC23CC(C#N)(C2)C3)nc1NC(=O)CC(C)(C)C. The predicted molar refractivity (Wildman–Crippen MR) is 106 cm³/mol. The number of fused-ring (bicyclic) bond motifs is 1. The van der Waals surface area contributed by atoms with Gasteiger partial charge in [-0.3, -0.25) is 4.79 Å². The Morgan fingerprint density at radius 2 is 1.96 bits per heavy atom. The predicted octanol–water partition coefficient (Wildman–Crippen LogP) is 4.72. The largest absolute Gasteiger partial charge is 0.343 e. The van der Waals surface area contributed by atoms with Crippen LogP contribution < -0.4 is 5.32 Å². The molecule has 0 aromatic carbocycles. The van der Waals surface area contributed by atoms with Gasteiger partial charge in [0.25, 0.3) is 0 Å². The molecule has 0 radical (unpaired) electrons. The van der Waals surface area contributed by atoms with Gasteiger partial charge in [0.05, 0.1) is 22.5 Å². The molecule has 2 aromatic rings. The Balaban J connectivity index is 1.58. The molecule has 0 unspecified atom stereocenters. The first-order valence-electron chi connectivity index (χ1n) is 9.73. The number of carbonyl (C=O) groups is 1. The lowest BCUT2D eigenvalue weighted by Crippen LogP contribution is -2.62. The van der Waals surface area contributed by atoms with Crippen molar-refractivity contribution in [1.82, 2.24) is 9.55 Å². The van der Waals surface area contributed by atoms with Crippen LogP contribution in [-0.4, -0.2) is 15.5 Å². The number of rotatable bonds is 4. The molecule has 2 aromatic heterocycles. The number of hydrogen-bond acceptors (Lipinski definition) is 3. The number of nitriles is 1. The van der Waals surface area contributed by atoms with E-state index in [2.05, 4.69) is 55.8 Å². The van der Waals surface area contributed by atoms with Crippen LogP contribution in [0, 0.1) is 41.4 Å². The van der Waals surface area contributed by atoms with Crippen LogP contribution in [0.25, 0.3) is 11.0 Å². The minimum Gasteiger partial charge on any atom is -0.343 e. The van der Waals surface area contributed by atoms with Crippen molar-refractivity contribution in [2.24, 2.45) is 16.2 Å². The summed E-state index contributed by atoms with van der Waals surface area (Å²) in [5.74, 6) is 0.659. The molecule has 3 aliphatic carbocycles. The maximum atomic E-state index is 12.3. The molecule has 3 saturated carbocycles. The monoisotopic (exact) mass is 364 g/mol. The lowest BCUT2D eigenvalue weighted by atomic mass is 9.35. The van der Waals surface area contributed by atoms with E-state index in [0.29, 0.717) is 17.7 Å². The van der Waals surface area contributed by atoms with Crippen LogP contribution in [0.2, 0.25) is 0 Å². The number of amides is 1. The number of aromatic nitrogens is 2. The first-order chi connectivity index (χ1) is 12.5. The third kappa shape index (κ3) is 3.01. The number of nitrogens with zero attached hydrogens (tertiary/aromatic N) is 3. The standard InChI is InChI=1S/C22H28N4O/c1-14-6-17-16(24-19(14)25-18(27)8-20(3,4)5)7-15(2)26(17)13-22-9-21(10-22,11-22)12-23/h6-7H,8-11,13H2,1-5H3,(H,24,25,27). The fraction of sp³-hybridized carbons (Fsp3) is 0.591. The van der Waals surface area contributed by atoms with E-state index in [4.69, 9.17) is 4.98 Å². The molecule has 3 fully saturated rings. The van der Waals surface area contributed by atoms with E-state index < -0.39 is 0 Å². The summed E-state index contributed by atoms with van der Waals surface area (Å²) in [5.41, 5.74) is 4.45. The maximum Gasteiger partial charge on any atom is 0.226 e. The van der Waals surface area contributed by atoms with Gasteiger partial charge in [0, 0.05) is 18.7 Å². The molecule has 2 heterocycles. The molecule has 142 valence electrons. The van der Waals surface area contributed by atoms with Crippen molar-refractivity contribution in [2.75, 3.05) is 5.32 Å². The van der Waals surface area contributed by atoms with Crippen molar-refractivity contribution >= 4 is 22.8 Å². The molecular formula is C22H28N4O. The Bertz CT molecular complexity index is 967. The molecule has 1 N–H and O–H groups in total. The molecule has 5 heteroatoms. The summed E-state index contributed by atoms with van der Waals surface area (Å²) in [5, 5.41) is 12.2. The van der Waals surface area contributed by atoms with Crippen LogP contribution in [0.5, 0.6) is 0 Å². The normalized spacial score (nSPS) is 26.2. The van der Waals surface area contributed by atoms with Crippen LogP contribution in [0.1, 0.15) is 57.7 Å². The highest BCUT2D eigenvalue weighted by atomic mass is 16.1. The first kappa shape index (κ1) is 18.0. The van der Waals surface area contributed by atoms with Crippen LogP contribution in [0.15, 0.2) is 12.1 Å². The van der Waals surface area contributed by atoms with Gasteiger partial charge in [-0.2, -0.15) is 5.26 Å². The van der Waals surface area contributed by atoms with E-state index in [0.717, 1.165) is 42.4 Å². The minimum absolute atomic E-state index is 0.00396. The van der Waals surface area contributed by atoms with E-state index in [-0.39, 0.29) is 16.7 Å². The smallest absolute Gasteiger partial charge is 0.226 e. The van der Waals surface area contributed by atoms with Crippen LogP contribution in [-0.2, 0) is 11.3 Å². The first-order valence-corrected chi connectivity index (χ1v) is 9.73. The zero-order valence-corrected chi connectivity index (χ0v) is 16.9. The van der Waals surface area contributed by atoms with E-state index in [9.17, 15) is 10.1 Å². The second kappa shape index (κ2) is 5.58. The number of anilines is 1. The number of hydrogen-bond donors (Lipinski definition) is 1. The van der Waals surface area contributed by atoms with Gasteiger partial charge in [-0.15, -0.1) is 0 Å². The van der Waals surface area contributed by atoms with Gasteiger partial charge in [0.1, 0.15) is 5.82 Å². The van der Waals surface area contributed by atoms with Gasteiger partial charge in [-0.1, -0.05) is 20.8 Å². The number of aryl methyl sites for hydroxylation is 2. The van der Waals surface area contributed by atoms with E-state index in [1.165, 1.54) is 5.69 Å². The third-order valence-corrected chi connectivity index (χ3v) is 6.10. The topological polar surface area (TPSA) is 70.7 Å². The summed E-state index contributed by atoms with van der Waals surface area (Å²) in [6, 6.07) is 6.72. The molecule has 1 amide bonds. The lowest BCUT2D eigenvalue weighted by molar-refractivity contribution is -0.172. The molecule has 5 rings (SSSR count). The Hall–Kier alpha value is -2.35. The lowest BCUT2D eigenvalue weighted by Gasteiger charge is -2.67. The summed E-state index contributed by atoms with van der Waals surface area (Å²) < 4.78 is 2.34. The fourth-order valence-corrected chi connectivity index (χ4v) is 5.02. The second-order valence-electron chi connectivity index (χ2n) is 10.1. The van der Waals surface area contributed by atoms with Crippen LogP contribution in [0.4, 0.5) is 5.82 Å². The highest BCUT2D eigenvalue weighted by molar-refractivity contribution is 5.92. The zero-order chi connectivity index (χ0) is 19.6. The zero-order valence-electron chi connectivity index (χ0n) is 16.9. The van der Waals surface area contributed by atoms with Crippen molar-refractivity contribution in [3.05, 3.63) is 23.4 Å². The highest BCUT2D eigenvalue weighted by Crippen LogP contribution is 2.73. The van der Waals surface area contributed by atoms with Gasteiger partial charge in [0.15, 0.2) is 0 Å². The highest BCUT2D eigenvalue weighted by Gasteiger charge is 2.68. The summed E-state index contributed by atoms with van der Waals surface area (Å²) >= 11 is 0. The van der Waals surface area contributed by atoms with Crippen LogP contribution >= 0.6 is 0 Å². The van der Waals surface area contributed by atoms with E-state index >= 15 is 0 Å². The van der Waals surface area contributed by atoms with Crippen molar-refractivity contribution in [3.63, 3.8) is 0 Å². The minimum atomic E-state index is -0.0501. The summed E-state index contributed by atoms with van der Waals surface area (Å²) in [7, 11) is 0. The quantitative estimate of drug-likeness (QED) is 0.853. The number of nitrogens with one attached hydrogen (secondary N) is 1. The fourth-order valence-electron chi connectivity index (χ4n) is 5.02. The third-order valence-electron chi connectivity index (χ3n) is 6.10. The van der Waals surface area contributed by atoms with Crippen molar-refractivity contribution in [2.45, 2.75) is 66.8 Å². The molecule has 5 nitrogen and oxygen atoms in total. The van der Waals surface area contributed by atoms with Gasteiger partial charge >= 0.3 is 0 Å². The summed E-state index contributed by atoms with van der Waals surface area (Å²) in [6.45, 7) is 11.2. The Labute approximate surface area is 160 Å². The molecular weight excluding hydrogens is 336 g/mol. The van der Waals surface area contributed by atoms with E-state index in [1.54, 1.807) is 0 Å². The second-order valence-corrected chi connectivity index (χ2v) is 10.1. The average molecular weight is 364 g/mol. The Kier molecular flexibility index (Phi) is 3.72. The van der Waals surface area contributed by atoms with Crippen molar-refractivity contribution in [1.29, 1.82) is 5.26 Å². The summed E-state index contributed by atoms with van der Waals surface area (Å²) in [4.78, 5) is 17.0. The van der Waals surface area contributed by atoms with Crippen molar-refractivity contribution in [3.8, 4) is 6.07 Å². The van der Waals surface area contributed by atoms with Gasteiger partial charge < -0.3 is 9.88 Å². The van der Waals surface area contributed by atoms with E-state index in [1.807, 2.05) is 6.92 Å². The number of carbonyl (C=O) groups excluding carboxylic acids is 1. The molecule has 0 aliphatic heterocycles. The molecule has 0 saturated heterocycles. The molecule has 0 spiro atoms. The molecule has 27 heavy (non-hydrogen) atoms. The van der Waals surface area contributed by atoms with Crippen molar-refractivity contribution < 1.29 is 4.79 Å². The Morgan fingerprint density at radius 1 is 1.30 bits per heavy atom. The maximum absolute atomic E-state index is 12.3. The summed E-state index contributed by atoms with van der Waals surface area (Å²) in [6.07, 6.45) is 3.56. The van der Waals surface area contributed by atoms with Gasteiger partial charge in [-0.05, 0) is 61.6 Å². The number of pyridine rings is 1. The van der Waals surface area contributed by atoms with Gasteiger partial charge in [0.2, 0.25) is 5.91 Å². The molecule has 3 aliphatic rings. The molecule has 0 atom stereocenters. The molecule has 2 bridgehead atoms. The Morgan fingerprint density at radius 3 is 2.56 bits per heavy atom. The van der Waals surface area contributed by atoms with Crippen LogP contribution in [0.3, 0.4) is 0 Å². The van der Waals surface area contributed by atoms with Gasteiger partial charge in [-0.25, -0.2) is 4.98 Å². The average Bonchev–Trinajstić information content (AvgIpc) is 2.74.